The Morgan fingerprint density at radius 1 is 1.30 bits per heavy atom. The Morgan fingerprint density at radius 3 is 2.25 bits per heavy atom. The Bertz CT molecular complexity index is 324. The lowest BCUT2D eigenvalue weighted by atomic mass is 9.94. The third kappa shape index (κ3) is 9.61. The summed E-state index contributed by atoms with van der Waals surface area (Å²) in [5.74, 6) is -0.549. The summed E-state index contributed by atoms with van der Waals surface area (Å²) in [7, 11) is 1.60. The highest BCUT2D eigenvalue weighted by Crippen LogP contribution is 2.15. The molecule has 0 aliphatic rings. The molecule has 20 heavy (non-hydrogen) atoms. The van der Waals surface area contributed by atoms with Gasteiger partial charge in [0.1, 0.15) is 0 Å². The molecule has 0 radical (unpaired) electrons. The van der Waals surface area contributed by atoms with Crippen molar-refractivity contribution >= 4 is 12.0 Å². The van der Waals surface area contributed by atoms with Crippen LogP contribution in [0.4, 0.5) is 4.79 Å². The van der Waals surface area contributed by atoms with Crippen molar-refractivity contribution in [1.29, 1.82) is 0 Å². The number of amides is 2. The van der Waals surface area contributed by atoms with Gasteiger partial charge in [0, 0.05) is 20.0 Å². The molecular formula is C14H28N2O4. The van der Waals surface area contributed by atoms with Crippen LogP contribution in [0.1, 0.15) is 40.5 Å². The number of carbonyl (C=O) groups excluding carboxylic acids is 1. The first-order valence-corrected chi connectivity index (χ1v) is 6.94. The van der Waals surface area contributed by atoms with Gasteiger partial charge < -0.3 is 20.4 Å². The molecule has 0 aromatic rings. The molecule has 0 saturated heterocycles. The minimum Gasteiger partial charge on any atom is -0.481 e. The third-order valence-electron chi connectivity index (χ3n) is 2.78. The van der Waals surface area contributed by atoms with Crippen LogP contribution >= 0.6 is 0 Å². The second-order valence-electron chi connectivity index (χ2n) is 6.45. The van der Waals surface area contributed by atoms with Crippen LogP contribution in [0, 0.1) is 11.8 Å². The number of rotatable bonds is 8. The Hall–Kier alpha value is -1.30. The molecule has 0 aromatic heterocycles. The van der Waals surface area contributed by atoms with Gasteiger partial charge in [0.2, 0.25) is 0 Å². The molecule has 6 heteroatoms. The molecule has 0 aromatic carbocycles. The number of carbonyl (C=O) groups is 2. The summed E-state index contributed by atoms with van der Waals surface area (Å²) in [4.78, 5) is 24.1. The number of carboxylic acids is 1. The number of likely N-dealkylation sites (N-methyl/N-ethyl adjacent to an activating group) is 1. The van der Waals surface area contributed by atoms with E-state index in [1.165, 1.54) is 4.90 Å². The summed E-state index contributed by atoms with van der Waals surface area (Å²) in [6, 6.07) is -0.300. The number of urea groups is 1. The quantitative estimate of drug-likeness (QED) is 0.632. The molecule has 0 heterocycles. The van der Waals surface area contributed by atoms with E-state index in [-0.39, 0.29) is 24.9 Å². The predicted octanol–water partition coefficient (Wildman–Crippen LogP) is 1.54. The molecule has 1 atom stereocenters. The van der Waals surface area contributed by atoms with E-state index in [4.69, 9.17) is 5.11 Å². The van der Waals surface area contributed by atoms with Crippen LogP contribution in [-0.2, 0) is 4.79 Å². The zero-order chi connectivity index (χ0) is 15.9. The van der Waals surface area contributed by atoms with E-state index in [0.717, 1.165) is 6.42 Å². The molecule has 0 rings (SSSR count). The molecule has 0 aliphatic heterocycles. The SMILES string of the molecule is CC(C)CC(CNC(=O)N(C)CC(C)(C)O)CC(=O)O. The Balaban J connectivity index is 4.32. The van der Waals surface area contributed by atoms with E-state index in [1.807, 2.05) is 13.8 Å². The number of nitrogens with one attached hydrogen (secondary N) is 1. The van der Waals surface area contributed by atoms with Gasteiger partial charge >= 0.3 is 12.0 Å². The van der Waals surface area contributed by atoms with Gasteiger partial charge in [-0.3, -0.25) is 4.79 Å². The van der Waals surface area contributed by atoms with E-state index < -0.39 is 11.6 Å². The average Bonchev–Trinajstić information content (AvgIpc) is 2.21. The van der Waals surface area contributed by atoms with Crippen LogP contribution in [0.25, 0.3) is 0 Å². The molecule has 6 nitrogen and oxygen atoms in total. The molecule has 0 fully saturated rings. The van der Waals surface area contributed by atoms with Gasteiger partial charge in [-0.15, -0.1) is 0 Å². The number of aliphatic hydroxyl groups is 1. The number of hydrogen-bond donors (Lipinski definition) is 3. The van der Waals surface area contributed by atoms with E-state index in [9.17, 15) is 14.7 Å². The van der Waals surface area contributed by atoms with Crippen molar-refractivity contribution in [2.75, 3.05) is 20.1 Å². The first-order chi connectivity index (χ1) is 9.01. The summed E-state index contributed by atoms with van der Waals surface area (Å²) in [6.07, 6.45) is 0.801. The zero-order valence-electron chi connectivity index (χ0n) is 13.1. The van der Waals surface area contributed by atoms with Gasteiger partial charge in [0.05, 0.1) is 12.1 Å². The molecule has 0 bridgehead atoms. The minimum atomic E-state index is -0.954. The van der Waals surface area contributed by atoms with Crippen LogP contribution in [0.3, 0.4) is 0 Å². The molecule has 0 saturated carbocycles. The fraction of sp³-hybridized carbons (Fsp3) is 0.857. The van der Waals surface area contributed by atoms with Crippen LogP contribution in [-0.4, -0.2) is 52.9 Å². The largest absolute Gasteiger partial charge is 0.481 e. The topological polar surface area (TPSA) is 89.9 Å². The first kappa shape index (κ1) is 18.7. The monoisotopic (exact) mass is 288 g/mol. The highest BCUT2D eigenvalue weighted by molar-refractivity contribution is 5.74. The Labute approximate surface area is 121 Å². The maximum absolute atomic E-state index is 11.9. The summed E-state index contributed by atoms with van der Waals surface area (Å²) in [5, 5.41) is 21.2. The van der Waals surface area contributed by atoms with Crippen LogP contribution in [0.2, 0.25) is 0 Å². The standard InChI is InChI=1S/C14H28N2O4/c1-10(2)6-11(7-12(17)18)8-15-13(19)16(5)9-14(3,4)20/h10-11,20H,6-9H2,1-5H3,(H,15,19)(H,17,18). The fourth-order valence-electron chi connectivity index (χ4n) is 2.17. The maximum Gasteiger partial charge on any atom is 0.317 e. The lowest BCUT2D eigenvalue weighted by Crippen LogP contribution is -2.45. The van der Waals surface area contributed by atoms with E-state index >= 15 is 0 Å². The molecule has 3 N–H and O–H groups in total. The van der Waals surface area contributed by atoms with Crippen molar-refractivity contribution in [3.63, 3.8) is 0 Å². The Morgan fingerprint density at radius 2 is 1.85 bits per heavy atom. The lowest BCUT2D eigenvalue weighted by molar-refractivity contribution is -0.138. The van der Waals surface area contributed by atoms with Crippen LogP contribution in [0.15, 0.2) is 0 Å². The van der Waals surface area contributed by atoms with Crippen molar-refractivity contribution in [2.45, 2.75) is 46.1 Å². The summed E-state index contributed by atoms with van der Waals surface area (Å²) in [6.45, 7) is 7.85. The Kier molecular flexibility index (Phi) is 7.57. The van der Waals surface area contributed by atoms with Crippen molar-refractivity contribution in [3.8, 4) is 0 Å². The van der Waals surface area contributed by atoms with Gasteiger partial charge in [-0.25, -0.2) is 4.79 Å². The van der Waals surface area contributed by atoms with Gasteiger partial charge in [0.15, 0.2) is 0 Å². The highest BCUT2D eigenvalue weighted by Gasteiger charge is 2.21. The van der Waals surface area contributed by atoms with E-state index in [1.54, 1.807) is 20.9 Å². The molecule has 1 unspecified atom stereocenters. The summed E-state index contributed by atoms with van der Waals surface area (Å²) >= 11 is 0. The lowest BCUT2D eigenvalue weighted by Gasteiger charge is -2.26. The third-order valence-corrected chi connectivity index (χ3v) is 2.78. The van der Waals surface area contributed by atoms with E-state index in [2.05, 4.69) is 5.32 Å². The van der Waals surface area contributed by atoms with Gasteiger partial charge in [-0.1, -0.05) is 13.8 Å². The molecular weight excluding hydrogens is 260 g/mol. The number of aliphatic carboxylic acids is 1. The second-order valence-corrected chi connectivity index (χ2v) is 6.45. The molecule has 0 spiro atoms. The summed E-state index contributed by atoms with van der Waals surface area (Å²) in [5.41, 5.74) is -0.954. The minimum absolute atomic E-state index is 0.0493. The smallest absolute Gasteiger partial charge is 0.317 e. The second kappa shape index (κ2) is 8.09. The number of carboxylic acid groups (broad SMARTS) is 1. The number of hydrogen-bond acceptors (Lipinski definition) is 3. The van der Waals surface area contributed by atoms with Crippen molar-refractivity contribution in [1.82, 2.24) is 10.2 Å². The van der Waals surface area contributed by atoms with Crippen LogP contribution in [0.5, 0.6) is 0 Å². The zero-order valence-corrected chi connectivity index (χ0v) is 13.1. The fourth-order valence-corrected chi connectivity index (χ4v) is 2.17. The molecule has 0 aliphatic carbocycles. The predicted molar refractivity (Wildman–Crippen MR) is 77.5 cm³/mol. The normalized spacial score (nSPS) is 13.2. The highest BCUT2D eigenvalue weighted by atomic mass is 16.4. The van der Waals surface area contributed by atoms with Gasteiger partial charge in [-0.2, -0.15) is 0 Å². The first-order valence-electron chi connectivity index (χ1n) is 6.94. The van der Waals surface area contributed by atoms with Crippen LogP contribution < -0.4 is 5.32 Å². The maximum atomic E-state index is 11.9. The van der Waals surface area contributed by atoms with Gasteiger partial charge in [-0.05, 0) is 32.1 Å². The average molecular weight is 288 g/mol. The van der Waals surface area contributed by atoms with Crippen molar-refractivity contribution < 1.29 is 19.8 Å². The molecule has 2 amide bonds. The number of nitrogens with zero attached hydrogens (tertiary/aromatic N) is 1. The van der Waals surface area contributed by atoms with Gasteiger partial charge in [0.25, 0.3) is 0 Å². The van der Waals surface area contributed by atoms with Crippen molar-refractivity contribution in [3.05, 3.63) is 0 Å². The summed E-state index contributed by atoms with van der Waals surface area (Å²) < 4.78 is 0. The van der Waals surface area contributed by atoms with E-state index in [0.29, 0.717) is 12.5 Å². The molecule has 118 valence electrons. The van der Waals surface area contributed by atoms with Crippen molar-refractivity contribution in [2.24, 2.45) is 11.8 Å².